The zero-order chi connectivity index (χ0) is 12.0. The molecule has 0 aliphatic carbocycles. The summed E-state index contributed by atoms with van der Waals surface area (Å²) in [5, 5.41) is 0. The van der Waals surface area contributed by atoms with Gasteiger partial charge in [-0.15, -0.1) is 0 Å². The van der Waals surface area contributed by atoms with Crippen molar-refractivity contribution in [1.29, 1.82) is 0 Å². The van der Waals surface area contributed by atoms with Gasteiger partial charge in [-0.25, -0.2) is 0 Å². The van der Waals surface area contributed by atoms with E-state index in [1.165, 1.54) is 0 Å². The van der Waals surface area contributed by atoms with Gasteiger partial charge in [-0.2, -0.15) is 0 Å². The number of amides is 1. The molecule has 1 fully saturated rings. The van der Waals surface area contributed by atoms with Gasteiger partial charge in [-0.1, -0.05) is 19.1 Å². The molecule has 1 aliphatic rings. The van der Waals surface area contributed by atoms with Gasteiger partial charge >= 0.3 is 0 Å². The Balaban J connectivity index is 2.23. The first-order valence-electron chi connectivity index (χ1n) is 5.92. The van der Waals surface area contributed by atoms with Crippen molar-refractivity contribution >= 4 is 23.1 Å². The second-order valence-electron chi connectivity index (χ2n) is 4.19. The molecule has 5 heteroatoms. The lowest BCUT2D eigenvalue weighted by atomic mass is 10.2. The quantitative estimate of drug-likeness (QED) is 0.719. The summed E-state index contributed by atoms with van der Waals surface area (Å²) in [5.41, 5.74) is 5.46. The number of carbonyl (C=O) groups excluding carboxylic acids is 1. The molecule has 0 radical (unpaired) electrons. The van der Waals surface area contributed by atoms with Crippen LogP contribution in [0, 0.1) is 0 Å². The molecule has 4 nitrogen and oxygen atoms in total. The number of carbonyl (C=O) groups is 1. The van der Waals surface area contributed by atoms with E-state index in [1.54, 1.807) is 0 Å². The minimum Gasteiger partial charge on any atom is -0.393 e. The van der Waals surface area contributed by atoms with Gasteiger partial charge in [0.25, 0.3) is 0 Å². The van der Waals surface area contributed by atoms with E-state index in [2.05, 4.69) is 4.90 Å². The first kappa shape index (κ1) is 13.4. The average Bonchev–Trinajstić information content (AvgIpc) is 2.27. The Morgan fingerprint density at radius 2 is 1.88 bits per heavy atom. The zero-order valence-electron chi connectivity index (χ0n) is 9.95. The number of hydrogen-bond acceptors (Lipinski definition) is 3. The molecule has 0 aromatic rings. The zero-order valence-corrected chi connectivity index (χ0v) is 10.8. The van der Waals surface area contributed by atoms with Gasteiger partial charge in [0.15, 0.2) is 0 Å². The topological polar surface area (TPSA) is 49.6 Å². The average molecular weight is 243 g/mol. The fourth-order valence-corrected chi connectivity index (χ4v) is 1.95. The third-order valence-electron chi connectivity index (χ3n) is 2.86. The molecule has 92 valence electrons. The summed E-state index contributed by atoms with van der Waals surface area (Å²) in [6.45, 7) is 6.53. The van der Waals surface area contributed by atoms with Crippen LogP contribution in [0.1, 0.15) is 26.2 Å². The summed E-state index contributed by atoms with van der Waals surface area (Å²) in [4.78, 5) is 16.5. The molecule has 0 spiro atoms. The van der Waals surface area contributed by atoms with Gasteiger partial charge in [0.1, 0.15) is 0 Å². The molecule has 1 rings (SSSR count). The molecule has 0 atom stereocenters. The van der Waals surface area contributed by atoms with Gasteiger partial charge in [0, 0.05) is 45.6 Å². The van der Waals surface area contributed by atoms with Crippen LogP contribution in [0.3, 0.4) is 0 Å². The van der Waals surface area contributed by atoms with E-state index in [0.717, 1.165) is 45.6 Å². The monoisotopic (exact) mass is 243 g/mol. The highest BCUT2D eigenvalue weighted by Crippen LogP contribution is 2.05. The van der Waals surface area contributed by atoms with Crippen molar-refractivity contribution in [2.24, 2.45) is 5.73 Å². The minimum absolute atomic E-state index is 0.288. The number of piperazine rings is 1. The molecule has 0 unspecified atom stereocenters. The van der Waals surface area contributed by atoms with Crippen LogP contribution in [0.4, 0.5) is 0 Å². The predicted molar refractivity (Wildman–Crippen MR) is 69.3 cm³/mol. The van der Waals surface area contributed by atoms with Crippen LogP contribution in [0.2, 0.25) is 0 Å². The van der Waals surface area contributed by atoms with Gasteiger partial charge in [-0.05, 0) is 6.42 Å². The maximum absolute atomic E-state index is 11.6. The Bertz CT molecular complexity index is 250. The lowest BCUT2D eigenvalue weighted by Gasteiger charge is -2.34. The van der Waals surface area contributed by atoms with Gasteiger partial charge in [0.2, 0.25) is 5.91 Å². The van der Waals surface area contributed by atoms with Gasteiger partial charge in [0.05, 0.1) is 4.99 Å². The second-order valence-corrected chi connectivity index (χ2v) is 4.71. The van der Waals surface area contributed by atoms with E-state index < -0.39 is 0 Å². The third-order valence-corrected chi connectivity index (χ3v) is 3.07. The van der Waals surface area contributed by atoms with Gasteiger partial charge in [-0.3, -0.25) is 9.69 Å². The summed E-state index contributed by atoms with van der Waals surface area (Å²) in [5.74, 6) is 0.288. The van der Waals surface area contributed by atoms with Crippen molar-refractivity contribution in [3.63, 3.8) is 0 Å². The lowest BCUT2D eigenvalue weighted by molar-refractivity contribution is -0.132. The van der Waals surface area contributed by atoms with Crippen molar-refractivity contribution in [1.82, 2.24) is 9.80 Å². The van der Waals surface area contributed by atoms with Crippen LogP contribution in [-0.4, -0.2) is 53.4 Å². The Kier molecular flexibility index (Phi) is 5.69. The fourth-order valence-electron chi connectivity index (χ4n) is 1.86. The fraction of sp³-hybridized carbons (Fsp3) is 0.818. The van der Waals surface area contributed by atoms with Crippen molar-refractivity contribution in [2.45, 2.75) is 26.2 Å². The Morgan fingerprint density at radius 1 is 1.25 bits per heavy atom. The summed E-state index contributed by atoms with van der Waals surface area (Å²) in [6.07, 6.45) is 2.38. The first-order chi connectivity index (χ1) is 7.63. The summed E-state index contributed by atoms with van der Waals surface area (Å²) in [7, 11) is 0. The number of nitrogens with zero attached hydrogens (tertiary/aromatic N) is 2. The van der Waals surface area contributed by atoms with Crippen LogP contribution in [0.15, 0.2) is 0 Å². The van der Waals surface area contributed by atoms with Crippen molar-refractivity contribution < 1.29 is 4.79 Å². The normalized spacial score (nSPS) is 17.4. The van der Waals surface area contributed by atoms with Crippen LogP contribution in [0.25, 0.3) is 0 Å². The molecule has 1 aliphatic heterocycles. The maximum atomic E-state index is 11.6. The summed E-state index contributed by atoms with van der Waals surface area (Å²) >= 11 is 4.85. The Labute approximate surface area is 103 Å². The van der Waals surface area contributed by atoms with E-state index in [1.807, 2.05) is 11.8 Å². The molecule has 0 saturated carbocycles. The maximum Gasteiger partial charge on any atom is 0.222 e. The van der Waals surface area contributed by atoms with Crippen LogP contribution >= 0.6 is 12.2 Å². The molecule has 1 heterocycles. The number of nitrogens with two attached hydrogens (primary N) is 1. The molecule has 16 heavy (non-hydrogen) atoms. The smallest absolute Gasteiger partial charge is 0.222 e. The molecular weight excluding hydrogens is 222 g/mol. The van der Waals surface area contributed by atoms with Crippen molar-refractivity contribution in [3.05, 3.63) is 0 Å². The summed E-state index contributed by atoms with van der Waals surface area (Å²) < 4.78 is 0. The number of rotatable bonds is 5. The number of thiocarbonyl (C=S) groups is 1. The number of hydrogen-bond donors (Lipinski definition) is 1. The Morgan fingerprint density at radius 3 is 2.38 bits per heavy atom. The van der Waals surface area contributed by atoms with Crippen molar-refractivity contribution in [2.75, 3.05) is 32.7 Å². The van der Waals surface area contributed by atoms with Crippen molar-refractivity contribution in [3.8, 4) is 0 Å². The van der Waals surface area contributed by atoms with Gasteiger partial charge < -0.3 is 10.6 Å². The molecule has 0 bridgehead atoms. The highest BCUT2D eigenvalue weighted by molar-refractivity contribution is 7.80. The molecular formula is C11H21N3OS. The van der Waals surface area contributed by atoms with E-state index >= 15 is 0 Å². The van der Waals surface area contributed by atoms with E-state index in [0.29, 0.717) is 11.4 Å². The standard InChI is InChI=1S/C11H21N3OS/c1-2-3-11(15)14-8-6-13(7-9-14)5-4-10(12)16/h2-9H2,1H3,(H2,12,16). The van der Waals surface area contributed by atoms with E-state index in [4.69, 9.17) is 18.0 Å². The highest BCUT2D eigenvalue weighted by atomic mass is 32.1. The minimum atomic E-state index is 0.288. The van der Waals surface area contributed by atoms with Crippen LogP contribution in [-0.2, 0) is 4.79 Å². The third kappa shape index (κ3) is 4.45. The second kappa shape index (κ2) is 6.81. The molecule has 2 N–H and O–H groups in total. The van der Waals surface area contributed by atoms with Crippen LogP contribution in [0.5, 0.6) is 0 Å². The summed E-state index contributed by atoms with van der Waals surface area (Å²) in [6, 6.07) is 0. The lowest BCUT2D eigenvalue weighted by Crippen LogP contribution is -2.49. The van der Waals surface area contributed by atoms with E-state index in [9.17, 15) is 4.79 Å². The molecule has 0 aromatic heterocycles. The SMILES string of the molecule is CCCC(=O)N1CCN(CCC(N)=S)CC1. The molecule has 1 amide bonds. The molecule has 0 aromatic carbocycles. The van der Waals surface area contributed by atoms with Crippen LogP contribution < -0.4 is 5.73 Å². The first-order valence-corrected chi connectivity index (χ1v) is 6.32. The van der Waals surface area contributed by atoms with E-state index in [-0.39, 0.29) is 5.91 Å². The predicted octanol–water partition coefficient (Wildman–Crippen LogP) is 0.607. The molecule has 1 saturated heterocycles. The highest BCUT2D eigenvalue weighted by Gasteiger charge is 2.19. The Hall–Kier alpha value is -0.680. The largest absolute Gasteiger partial charge is 0.393 e.